The summed E-state index contributed by atoms with van der Waals surface area (Å²) in [6, 6.07) is 7.62. The van der Waals surface area contributed by atoms with E-state index in [2.05, 4.69) is 5.32 Å². The fraction of sp³-hybridized carbons (Fsp3) is 0.462. The van der Waals surface area contributed by atoms with Gasteiger partial charge in [0.05, 0.1) is 5.92 Å². The van der Waals surface area contributed by atoms with Crippen molar-refractivity contribution in [3.8, 4) is 0 Å². The Morgan fingerprint density at radius 1 is 1.47 bits per heavy atom. The molecule has 1 N–H and O–H groups in total. The van der Waals surface area contributed by atoms with E-state index in [0.717, 1.165) is 30.1 Å². The van der Waals surface area contributed by atoms with Crippen molar-refractivity contribution < 1.29 is 4.79 Å². The summed E-state index contributed by atoms with van der Waals surface area (Å²) in [7, 11) is 1.86. The lowest BCUT2D eigenvalue weighted by molar-refractivity contribution is -0.134. The average molecular weight is 253 g/mol. The molecule has 0 bridgehead atoms. The van der Waals surface area contributed by atoms with Crippen molar-refractivity contribution in [1.29, 1.82) is 0 Å². The van der Waals surface area contributed by atoms with Gasteiger partial charge in [0, 0.05) is 25.2 Å². The van der Waals surface area contributed by atoms with Gasteiger partial charge in [-0.15, -0.1) is 0 Å². The van der Waals surface area contributed by atoms with Crippen LogP contribution in [0.5, 0.6) is 0 Å². The monoisotopic (exact) mass is 252 g/mol. The zero-order valence-corrected chi connectivity index (χ0v) is 10.7. The molecule has 0 aliphatic carbocycles. The van der Waals surface area contributed by atoms with Gasteiger partial charge in [-0.3, -0.25) is 4.79 Å². The van der Waals surface area contributed by atoms with E-state index >= 15 is 0 Å². The van der Waals surface area contributed by atoms with Crippen LogP contribution in [0.25, 0.3) is 0 Å². The minimum absolute atomic E-state index is 0.146. The lowest BCUT2D eigenvalue weighted by Gasteiger charge is -2.20. The third-order valence-electron chi connectivity index (χ3n) is 3.12. The Morgan fingerprint density at radius 3 is 2.76 bits per heavy atom. The smallest absolute Gasteiger partial charge is 0.227 e. The Bertz CT molecular complexity index is 385. The van der Waals surface area contributed by atoms with E-state index in [1.54, 1.807) is 4.90 Å². The van der Waals surface area contributed by atoms with Crippen LogP contribution in [0.15, 0.2) is 24.3 Å². The summed E-state index contributed by atoms with van der Waals surface area (Å²) in [6.45, 7) is 2.40. The molecule has 0 radical (unpaired) electrons. The summed E-state index contributed by atoms with van der Waals surface area (Å²) in [4.78, 5) is 13.9. The number of carbonyl (C=O) groups excluding carboxylic acids is 1. The SMILES string of the molecule is CN(Cc1ccc(Cl)cc1)C(=O)[C@H]1CCNC1. The number of hydrogen-bond acceptors (Lipinski definition) is 2. The molecule has 1 aliphatic rings. The number of benzene rings is 1. The third-order valence-corrected chi connectivity index (χ3v) is 3.37. The van der Waals surface area contributed by atoms with Gasteiger partial charge in [-0.2, -0.15) is 0 Å². The molecule has 1 heterocycles. The largest absolute Gasteiger partial charge is 0.341 e. The molecule has 2 rings (SSSR count). The predicted octanol–water partition coefficient (Wildman–Crippen LogP) is 1.91. The minimum Gasteiger partial charge on any atom is -0.341 e. The lowest BCUT2D eigenvalue weighted by Crippen LogP contribution is -2.33. The van der Waals surface area contributed by atoms with Crippen LogP contribution >= 0.6 is 11.6 Å². The van der Waals surface area contributed by atoms with Crippen molar-refractivity contribution in [2.24, 2.45) is 5.92 Å². The first kappa shape index (κ1) is 12.4. The molecule has 0 spiro atoms. The van der Waals surface area contributed by atoms with Crippen LogP contribution in [-0.2, 0) is 11.3 Å². The Balaban J connectivity index is 1.93. The standard InChI is InChI=1S/C13H17ClN2O/c1-16(13(17)11-6-7-15-8-11)9-10-2-4-12(14)5-3-10/h2-5,11,15H,6-9H2,1H3/t11-/m0/s1. The summed E-state index contributed by atoms with van der Waals surface area (Å²) in [6.07, 6.45) is 0.948. The zero-order chi connectivity index (χ0) is 12.3. The summed E-state index contributed by atoms with van der Waals surface area (Å²) >= 11 is 5.83. The van der Waals surface area contributed by atoms with Crippen LogP contribution in [0.4, 0.5) is 0 Å². The molecular formula is C13H17ClN2O. The molecule has 0 saturated carbocycles. The highest BCUT2D eigenvalue weighted by Crippen LogP contribution is 2.14. The highest BCUT2D eigenvalue weighted by Gasteiger charge is 2.25. The topological polar surface area (TPSA) is 32.3 Å². The minimum atomic E-state index is 0.146. The molecule has 1 fully saturated rings. The molecule has 0 unspecified atom stereocenters. The highest BCUT2D eigenvalue weighted by molar-refractivity contribution is 6.30. The summed E-state index contributed by atoms with van der Waals surface area (Å²) < 4.78 is 0. The van der Waals surface area contributed by atoms with E-state index in [-0.39, 0.29) is 11.8 Å². The van der Waals surface area contributed by atoms with Crippen molar-refractivity contribution in [3.63, 3.8) is 0 Å². The molecule has 1 amide bonds. The van der Waals surface area contributed by atoms with Gasteiger partial charge in [0.25, 0.3) is 0 Å². The molecule has 4 heteroatoms. The molecule has 3 nitrogen and oxygen atoms in total. The Hall–Kier alpha value is -1.06. The fourth-order valence-corrected chi connectivity index (χ4v) is 2.24. The average Bonchev–Trinajstić information content (AvgIpc) is 2.84. The maximum absolute atomic E-state index is 12.1. The van der Waals surface area contributed by atoms with Crippen molar-refractivity contribution >= 4 is 17.5 Å². The van der Waals surface area contributed by atoms with Gasteiger partial charge >= 0.3 is 0 Å². The van der Waals surface area contributed by atoms with Gasteiger partial charge in [-0.25, -0.2) is 0 Å². The van der Waals surface area contributed by atoms with Crippen molar-refractivity contribution in [1.82, 2.24) is 10.2 Å². The fourth-order valence-electron chi connectivity index (χ4n) is 2.12. The Morgan fingerprint density at radius 2 is 2.18 bits per heavy atom. The number of amides is 1. The maximum atomic E-state index is 12.1. The molecule has 1 aromatic rings. The second-order valence-corrected chi connectivity index (χ2v) is 4.95. The Kier molecular flexibility index (Phi) is 4.02. The quantitative estimate of drug-likeness (QED) is 0.891. The van der Waals surface area contributed by atoms with Crippen molar-refractivity contribution in [3.05, 3.63) is 34.9 Å². The van der Waals surface area contributed by atoms with Gasteiger partial charge in [0.1, 0.15) is 0 Å². The molecule has 1 aliphatic heterocycles. The number of rotatable bonds is 3. The number of carbonyl (C=O) groups is 1. The maximum Gasteiger partial charge on any atom is 0.227 e. The lowest BCUT2D eigenvalue weighted by atomic mass is 10.1. The first-order chi connectivity index (χ1) is 8.16. The van der Waals surface area contributed by atoms with Gasteiger partial charge < -0.3 is 10.2 Å². The Labute approximate surface area is 107 Å². The first-order valence-corrected chi connectivity index (χ1v) is 6.25. The molecule has 1 aromatic carbocycles. The van der Waals surface area contributed by atoms with Crippen LogP contribution in [-0.4, -0.2) is 30.9 Å². The highest BCUT2D eigenvalue weighted by atomic mass is 35.5. The van der Waals surface area contributed by atoms with Gasteiger partial charge in [0.2, 0.25) is 5.91 Å². The van der Waals surface area contributed by atoms with E-state index in [4.69, 9.17) is 11.6 Å². The van der Waals surface area contributed by atoms with Crippen LogP contribution in [0.2, 0.25) is 5.02 Å². The van der Waals surface area contributed by atoms with Gasteiger partial charge in [-0.05, 0) is 30.7 Å². The van der Waals surface area contributed by atoms with E-state index < -0.39 is 0 Å². The van der Waals surface area contributed by atoms with E-state index in [9.17, 15) is 4.79 Å². The summed E-state index contributed by atoms with van der Waals surface area (Å²) in [5, 5.41) is 3.94. The second-order valence-electron chi connectivity index (χ2n) is 4.51. The first-order valence-electron chi connectivity index (χ1n) is 5.87. The summed E-state index contributed by atoms with van der Waals surface area (Å²) in [5.74, 6) is 0.372. The molecule has 1 saturated heterocycles. The second kappa shape index (κ2) is 5.52. The van der Waals surface area contributed by atoms with Crippen LogP contribution in [0, 0.1) is 5.92 Å². The molecule has 17 heavy (non-hydrogen) atoms. The number of nitrogens with zero attached hydrogens (tertiary/aromatic N) is 1. The van der Waals surface area contributed by atoms with Gasteiger partial charge in [-0.1, -0.05) is 23.7 Å². The molecule has 0 aromatic heterocycles. The van der Waals surface area contributed by atoms with E-state index in [1.165, 1.54) is 0 Å². The number of halogens is 1. The van der Waals surface area contributed by atoms with Crippen LogP contribution in [0.3, 0.4) is 0 Å². The molecular weight excluding hydrogens is 236 g/mol. The van der Waals surface area contributed by atoms with Crippen molar-refractivity contribution in [2.75, 3.05) is 20.1 Å². The van der Waals surface area contributed by atoms with E-state index in [0.29, 0.717) is 6.54 Å². The van der Waals surface area contributed by atoms with Crippen LogP contribution in [0.1, 0.15) is 12.0 Å². The summed E-state index contributed by atoms with van der Waals surface area (Å²) in [5.41, 5.74) is 1.11. The normalized spacial score (nSPS) is 19.3. The zero-order valence-electron chi connectivity index (χ0n) is 9.95. The number of nitrogens with one attached hydrogen (secondary N) is 1. The number of hydrogen-bond donors (Lipinski definition) is 1. The van der Waals surface area contributed by atoms with Crippen LogP contribution < -0.4 is 5.32 Å². The molecule has 92 valence electrons. The predicted molar refractivity (Wildman–Crippen MR) is 68.9 cm³/mol. The molecule has 1 atom stereocenters. The van der Waals surface area contributed by atoms with Gasteiger partial charge in [0.15, 0.2) is 0 Å². The third kappa shape index (κ3) is 3.20. The van der Waals surface area contributed by atoms with Crippen molar-refractivity contribution in [2.45, 2.75) is 13.0 Å². The van der Waals surface area contributed by atoms with E-state index in [1.807, 2.05) is 31.3 Å².